The van der Waals surface area contributed by atoms with Crippen molar-refractivity contribution in [3.05, 3.63) is 18.2 Å². The van der Waals surface area contributed by atoms with Gasteiger partial charge < -0.3 is 4.90 Å². The first-order chi connectivity index (χ1) is 5.86. The SMILES string of the molecule is CN1CC=C(c2ncn[nH]2)CC1. The van der Waals surface area contributed by atoms with Crippen molar-refractivity contribution in [2.45, 2.75) is 6.42 Å². The Morgan fingerprint density at radius 2 is 2.50 bits per heavy atom. The van der Waals surface area contributed by atoms with Crippen molar-refractivity contribution in [1.82, 2.24) is 20.1 Å². The maximum atomic E-state index is 4.11. The maximum Gasteiger partial charge on any atom is 0.151 e. The molecule has 12 heavy (non-hydrogen) atoms. The first kappa shape index (κ1) is 7.49. The first-order valence-corrected chi connectivity index (χ1v) is 4.09. The largest absolute Gasteiger partial charge is 0.302 e. The van der Waals surface area contributed by atoms with Gasteiger partial charge in [-0.2, -0.15) is 5.10 Å². The summed E-state index contributed by atoms with van der Waals surface area (Å²) in [6.07, 6.45) is 4.81. The Morgan fingerprint density at radius 3 is 3.08 bits per heavy atom. The maximum absolute atomic E-state index is 4.11. The van der Waals surface area contributed by atoms with E-state index in [1.165, 1.54) is 5.57 Å². The minimum atomic E-state index is 0.920. The molecule has 0 bridgehead atoms. The van der Waals surface area contributed by atoms with E-state index in [2.05, 4.69) is 33.2 Å². The topological polar surface area (TPSA) is 44.8 Å². The fraction of sp³-hybridized carbons (Fsp3) is 0.500. The van der Waals surface area contributed by atoms with Crippen molar-refractivity contribution in [3.63, 3.8) is 0 Å². The standard InChI is InChI=1S/C8H12N4/c1-12-4-2-7(3-5-12)8-9-6-10-11-8/h2,6H,3-5H2,1H3,(H,9,10,11). The molecule has 0 fully saturated rings. The van der Waals surface area contributed by atoms with Crippen LogP contribution in [0.15, 0.2) is 12.4 Å². The van der Waals surface area contributed by atoms with Gasteiger partial charge in [0.15, 0.2) is 5.82 Å². The lowest BCUT2D eigenvalue weighted by molar-refractivity contribution is 0.369. The lowest BCUT2D eigenvalue weighted by atomic mass is 10.1. The number of aromatic amines is 1. The van der Waals surface area contributed by atoms with Crippen LogP contribution in [0.5, 0.6) is 0 Å². The van der Waals surface area contributed by atoms with Crippen LogP contribution in [-0.2, 0) is 0 Å². The molecule has 2 rings (SSSR count). The highest BCUT2D eigenvalue weighted by molar-refractivity contribution is 5.60. The van der Waals surface area contributed by atoms with Crippen LogP contribution in [0, 0.1) is 0 Å². The van der Waals surface area contributed by atoms with E-state index < -0.39 is 0 Å². The molecule has 0 saturated heterocycles. The Labute approximate surface area is 71.3 Å². The van der Waals surface area contributed by atoms with Crippen LogP contribution in [0.4, 0.5) is 0 Å². The fourth-order valence-corrected chi connectivity index (χ4v) is 1.35. The predicted molar refractivity (Wildman–Crippen MR) is 46.5 cm³/mol. The molecule has 0 atom stereocenters. The van der Waals surface area contributed by atoms with E-state index in [9.17, 15) is 0 Å². The highest BCUT2D eigenvalue weighted by Crippen LogP contribution is 2.16. The Bertz CT molecular complexity index is 275. The van der Waals surface area contributed by atoms with Gasteiger partial charge in [0.25, 0.3) is 0 Å². The average Bonchev–Trinajstić information content (AvgIpc) is 2.58. The summed E-state index contributed by atoms with van der Waals surface area (Å²) in [4.78, 5) is 6.39. The lowest BCUT2D eigenvalue weighted by Crippen LogP contribution is -2.23. The third kappa shape index (κ3) is 1.38. The second kappa shape index (κ2) is 3.06. The van der Waals surface area contributed by atoms with Crippen LogP contribution in [-0.4, -0.2) is 40.2 Å². The zero-order chi connectivity index (χ0) is 8.39. The molecular formula is C8H12N4. The summed E-state index contributed by atoms with van der Waals surface area (Å²) in [5, 5.41) is 6.70. The number of nitrogens with one attached hydrogen (secondary N) is 1. The molecule has 0 aliphatic carbocycles. The zero-order valence-electron chi connectivity index (χ0n) is 7.12. The molecule has 4 nitrogen and oxygen atoms in total. The number of likely N-dealkylation sites (N-methyl/N-ethyl adjacent to an activating group) is 1. The van der Waals surface area contributed by atoms with Gasteiger partial charge in [-0.1, -0.05) is 6.08 Å². The van der Waals surface area contributed by atoms with E-state index in [0.717, 1.165) is 25.3 Å². The smallest absolute Gasteiger partial charge is 0.151 e. The van der Waals surface area contributed by atoms with E-state index >= 15 is 0 Å². The summed E-state index contributed by atoms with van der Waals surface area (Å²) in [5.74, 6) is 0.920. The van der Waals surface area contributed by atoms with Crippen molar-refractivity contribution in [3.8, 4) is 0 Å². The quantitative estimate of drug-likeness (QED) is 0.658. The Balaban J connectivity index is 2.16. The van der Waals surface area contributed by atoms with Gasteiger partial charge in [-0.25, -0.2) is 4.98 Å². The van der Waals surface area contributed by atoms with E-state index in [1.807, 2.05) is 0 Å². The van der Waals surface area contributed by atoms with Crippen LogP contribution < -0.4 is 0 Å². The molecule has 4 heteroatoms. The number of H-pyrrole nitrogens is 1. The molecule has 0 aromatic carbocycles. The summed E-state index contributed by atoms with van der Waals surface area (Å²) < 4.78 is 0. The van der Waals surface area contributed by atoms with Gasteiger partial charge in [0.1, 0.15) is 6.33 Å². The molecule has 0 unspecified atom stereocenters. The molecule has 2 heterocycles. The van der Waals surface area contributed by atoms with Crippen molar-refractivity contribution >= 4 is 5.57 Å². The summed E-state index contributed by atoms with van der Waals surface area (Å²) in [7, 11) is 2.12. The van der Waals surface area contributed by atoms with E-state index in [0.29, 0.717) is 0 Å². The second-order valence-electron chi connectivity index (χ2n) is 3.08. The minimum absolute atomic E-state index is 0.920. The fourth-order valence-electron chi connectivity index (χ4n) is 1.35. The van der Waals surface area contributed by atoms with Crippen molar-refractivity contribution < 1.29 is 0 Å². The van der Waals surface area contributed by atoms with E-state index in [-0.39, 0.29) is 0 Å². The lowest BCUT2D eigenvalue weighted by Gasteiger charge is -2.20. The van der Waals surface area contributed by atoms with E-state index in [1.54, 1.807) is 6.33 Å². The zero-order valence-corrected chi connectivity index (χ0v) is 7.12. The molecule has 1 aliphatic heterocycles. The van der Waals surface area contributed by atoms with Crippen LogP contribution in [0.25, 0.3) is 5.57 Å². The number of hydrogen-bond acceptors (Lipinski definition) is 3. The van der Waals surface area contributed by atoms with Crippen LogP contribution in [0.3, 0.4) is 0 Å². The van der Waals surface area contributed by atoms with Gasteiger partial charge in [0.2, 0.25) is 0 Å². The molecule has 0 radical (unpaired) electrons. The number of hydrogen-bond donors (Lipinski definition) is 1. The van der Waals surface area contributed by atoms with Gasteiger partial charge in [-0.05, 0) is 19.0 Å². The highest BCUT2D eigenvalue weighted by atomic mass is 15.2. The van der Waals surface area contributed by atoms with Crippen molar-refractivity contribution in [1.29, 1.82) is 0 Å². The number of rotatable bonds is 1. The molecule has 0 spiro atoms. The number of aromatic nitrogens is 3. The molecule has 1 N–H and O–H groups in total. The van der Waals surface area contributed by atoms with Gasteiger partial charge in [0, 0.05) is 13.1 Å². The van der Waals surface area contributed by atoms with Crippen LogP contribution >= 0.6 is 0 Å². The third-order valence-electron chi connectivity index (χ3n) is 2.13. The number of nitrogens with zero attached hydrogens (tertiary/aromatic N) is 3. The average molecular weight is 164 g/mol. The molecule has 0 saturated carbocycles. The van der Waals surface area contributed by atoms with E-state index in [4.69, 9.17) is 0 Å². The predicted octanol–water partition coefficient (Wildman–Crippen LogP) is 0.524. The first-order valence-electron chi connectivity index (χ1n) is 4.09. The summed E-state index contributed by atoms with van der Waals surface area (Å²) >= 11 is 0. The molecule has 0 amide bonds. The second-order valence-corrected chi connectivity index (χ2v) is 3.08. The highest BCUT2D eigenvalue weighted by Gasteiger charge is 2.10. The molecule has 64 valence electrons. The normalized spacial score (nSPS) is 19.2. The summed E-state index contributed by atoms with van der Waals surface area (Å²) in [6, 6.07) is 0. The summed E-state index contributed by atoms with van der Waals surface area (Å²) in [6.45, 7) is 2.11. The van der Waals surface area contributed by atoms with Gasteiger partial charge in [-0.3, -0.25) is 5.10 Å². The molecule has 1 aliphatic rings. The monoisotopic (exact) mass is 164 g/mol. The van der Waals surface area contributed by atoms with Gasteiger partial charge in [-0.15, -0.1) is 0 Å². The van der Waals surface area contributed by atoms with Crippen LogP contribution in [0.2, 0.25) is 0 Å². The molecular weight excluding hydrogens is 152 g/mol. The minimum Gasteiger partial charge on any atom is -0.302 e. The van der Waals surface area contributed by atoms with Crippen molar-refractivity contribution in [2.75, 3.05) is 20.1 Å². The Hall–Kier alpha value is -1.16. The van der Waals surface area contributed by atoms with Gasteiger partial charge >= 0.3 is 0 Å². The summed E-state index contributed by atoms with van der Waals surface area (Å²) in [5.41, 5.74) is 1.28. The Kier molecular flexibility index (Phi) is 1.91. The third-order valence-corrected chi connectivity index (χ3v) is 2.13. The molecule has 1 aromatic rings. The van der Waals surface area contributed by atoms with Gasteiger partial charge in [0.05, 0.1) is 0 Å². The Morgan fingerprint density at radius 1 is 1.58 bits per heavy atom. The molecule has 1 aromatic heterocycles. The van der Waals surface area contributed by atoms with Crippen LogP contribution in [0.1, 0.15) is 12.2 Å². The van der Waals surface area contributed by atoms with Crippen molar-refractivity contribution in [2.24, 2.45) is 0 Å².